The second-order valence-electron chi connectivity index (χ2n) is 3.72. The van der Waals surface area contributed by atoms with E-state index in [0.29, 0.717) is 0 Å². The molecule has 0 aliphatic heterocycles. The topological polar surface area (TPSA) is 95.9 Å². The molecule has 0 aliphatic carbocycles. The molecular formula is C11H16NO5P. The predicted molar refractivity (Wildman–Crippen MR) is 65.9 cm³/mol. The largest absolute Gasteiger partial charge is 0.445 e. The van der Waals surface area contributed by atoms with Crippen molar-refractivity contribution < 1.29 is 23.9 Å². The van der Waals surface area contributed by atoms with Crippen LogP contribution < -0.4 is 5.32 Å². The highest BCUT2D eigenvalue weighted by molar-refractivity contribution is 7.52. The molecule has 1 aromatic carbocycles. The normalized spacial score (nSPS) is 12.8. The highest BCUT2D eigenvalue weighted by Crippen LogP contribution is 2.41. The fraction of sp³-hybridized carbons (Fsp3) is 0.364. The van der Waals surface area contributed by atoms with Gasteiger partial charge in [0.1, 0.15) is 12.4 Å². The zero-order valence-corrected chi connectivity index (χ0v) is 10.8. The quantitative estimate of drug-likeness (QED) is 0.711. The number of benzene rings is 1. The standard InChI is InChI=1S/C11H16NO5P/c1-2-10(18(14,15)16)12-11(13)17-8-9-6-4-3-5-7-9/h3-7,10H,2,8H2,1H3,(H,12,13)(H2,14,15,16)/t10-/m1/s1. The summed E-state index contributed by atoms with van der Waals surface area (Å²) in [6.45, 7) is 1.63. The molecule has 0 saturated carbocycles. The Balaban J connectivity index is 2.45. The van der Waals surface area contributed by atoms with E-state index in [4.69, 9.17) is 14.5 Å². The number of nitrogens with one attached hydrogen (secondary N) is 1. The summed E-state index contributed by atoms with van der Waals surface area (Å²) in [4.78, 5) is 29.3. The number of carbonyl (C=O) groups excluding carboxylic acids is 1. The summed E-state index contributed by atoms with van der Waals surface area (Å²) in [7, 11) is -4.34. The van der Waals surface area contributed by atoms with E-state index in [2.05, 4.69) is 5.32 Å². The van der Waals surface area contributed by atoms with Crippen LogP contribution in [0.5, 0.6) is 0 Å². The van der Waals surface area contributed by atoms with Gasteiger partial charge < -0.3 is 19.8 Å². The first-order valence-electron chi connectivity index (χ1n) is 5.46. The SMILES string of the molecule is CC[C@H](NC(=O)OCc1ccccc1)P(=O)(O)O. The van der Waals surface area contributed by atoms with Crippen LogP contribution in [0.4, 0.5) is 4.79 Å². The Bertz CT molecular complexity index is 430. The molecule has 6 nitrogen and oxygen atoms in total. The molecule has 1 atom stereocenters. The van der Waals surface area contributed by atoms with Gasteiger partial charge in [0, 0.05) is 0 Å². The molecule has 0 heterocycles. The number of hydrogen-bond acceptors (Lipinski definition) is 3. The van der Waals surface area contributed by atoms with E-state index in [0.717, 1.165) is 5.56 Å². The van der Waals surface area contributed by atoms with E-state index in [1.807, 2.05) is 6.07 Å². The van der Waals surface area contributed by atoms with E-state index in [-0.39, 0.29) is 13.0 Å². The first kappa shape index (κ1) is 14.7. The van der Waals surface area contributed by atoms with E-state index < -0.39 is 19.5 Å². The maximum Gasteiger partial charge on any atom is 0.408 e. The van der Waals surface area contributed by atoms with Gasteiger partial charge in [0.25, 0.3) is 0 Å². The van der Waals surface area contributed by atoms with Crippen LogP contribution in [0.15, 0.2) is 30.3 Å². The molecule has 0 unspecified atom stereocenters. The highest BCUT2D eigenvalue weighted by Gasteiger charge is 2.28. The third kappa shape index (κ3) is 4.87. The third-order valence-electron chi connectivity index (χ3n) is 2.29. The van der Waals surface area contributed by atoms with Crippen LogP contribution in [-0.4, -0.2) is 21.7 Å². The van der Waals surface area contributed by atoms with Crippen LogP contribution in [0.1, 0.15) is 18.9 Å². The lowest BCUT2D eigenvalue weighted by molar-refractivity contribution is 0.137. The van der Waals surface area contributed by atoms with Gasteiger partial charge in [-0.25, -0.2) is 4.79 Å². The van der Waals surface area contributed by atoms with Crippen LogP contribution in [-0.2, 0) is 15.9 Å². The summed E-state index contributed by atoms with van der Waals surface area (Å²) in [6.07, 6.45) is -0.709. The smallest absolute Gasteiger partial charge is 0.408 e. The molecule has 1 rings (SSSR count). The Morgan fingerprint density at radius 1 is 1.39 bits per heavy atom. The van der Waals surface area contributed by atoms with Gasteiger partial charge in [-0.2, -0.15) is 0 Å². The Hall–Kier alpha value is -1.36. The van der Waals surface area contributed by atoms with Crippen molar-refractivity contribution in [3.8, 4) is 0 Å². The average molecular weight is 273 g/mol. The number of carbonyl (C=O) groups is 1. The van der Waals surface area contributed by atoms with Crippen molar-refractivity contribution >= 4 is 13.7 Å². The van der Waals surface area contributed by atoms with E-state index in [1.165, 1.54) is 0 Å². The molecule has 3 N–H and O–H groups in total. The molecule has 0 aliphatic rings. The summed E-state index contributed by atoms with van der Waals surface area (Å²) in [5.41, 5.74) is 0.803. The lowest BCUT2D eigenvalue weighted by Gasteiger charge is -2.17. The molecule has 1 aromatic rings. The van der Waals surface area contributed by atoms with Crippen molar-refractivity contribution in [1.82, 2.24) is 5.32 Å². The van der Waals surface area contributed by atoms with E-state index >= 15 is 0 Å². The summed E-state index contributed by atoms with van der Waals surface area (Å²) in [5, 5.41) is 2.15. The Morgan fingerprint density at radius 2 is 2.00 bits per heavy atom. The van der Waals surface area contributed by atoms with Crippen molar-refractivity contribution in [3.05, 3.63) is 35.9 Å². The van der Waals surface area contributed by atoms with Gasteiger partial charge in [0.2, 0.25) is 0 Å². The molecule has 0 bridgehead atoms. The monoisotopic (exact) mass is 273 g/mol. The fourth-order valence-electron chi connectivity index (χ4n) is 1.32. The first-order valence-corrected chi connectivity index (χ1v) is 7.14. The van der Waals surface area contributed by atoms with Crippen molar-refractivity contribution in [2.24, 2.45) is 0 Å². The molecular weight excluding hydrogens is 257 g/mol. The third-order valence-corrected chi connectivity index (χ3v) is 3.60. The van der Waals surface area contributed by atoms with Gasteiger partial charge in [0.15, 0.2) is 0 Å². The second-order valence-corrected chi connectivity index (χ2v) is 5.52. The molecule has 18 heavy (non-hydrogen) atoms. The molecule has 0 fully saturated rings. The lowest BCUT2D eigenvalue weighted by Crippen LogP contribution is -2.34. The van der Waals surface area contributed by atoms with Crippen molar-refractivity contribution in [2.45, 2.75) is 25.7 Å². The number of ether oxygens (including phenoxy) is 1. The van der Waals surface area contributed by atoms with Gasteiger partial charge in [0.05, 0.1) is 0 Å². The number of alkyl carbamates (subject to hydrolysis) is 1. The zero-order chi connectivity index (χ0) is 13.6. The number of amides is 1. The van der Waals surface area contributed by atoms with Gasteiger partial charge in [-0.3, -0.25) is 4.57 Å². The Kier molecular flexibility index (Phi) is 5.34. The second kappa shape index (κ2) is 6.54. The van der Waals surface area contributed by atoms with Gasteiger partial charge in [-0.05, 0) is 12.0 Å². The van der Waals surface area contributed by atoms with Crippen molar-refractivity contribution in [1.29, 1.82) is 0 Å². The average Bonchev–Trinajstić information content (AvgIpc) is 2.33. The van der Waals surface area contributed by atoms with Crippen LogP contribution in [0.2, 0.25) is 0 Å². The van der Waals surface area contributed by atoms with Crippen molar-refractivity contribution in [3.63, 3.8) is 0 Å². The predicted octanol–water partition coefficient (Wildman–Crippen LogP) is 1.83. The van der Waals surface area contributed by atoms with Gasteiger partial charge >= 0.3 is 13.7 Å². The van der Waals surface area contributed by atoms with Gasteiger partial charge in [-0.1, -0.05) is 37.3 Å². The minimum atomic E-state index is -4.34. The highest BCUT2D eigenvalue weighted by atomic mass is 31.2. The first-order chi connectivity index (χ1) is 8.43. The molecule has 1 amide bonds. The number of hydrogen-bond donors (Lipinski definition) is 3. The van der Waals surface area contributed by atoms with E-state index in [1.54, 1.807) is 31.2 Å². The van der Waals surface area contributed by atoms with Crippen LogP contribution in [0, 0.1) is 0 Å². The van der Waals surface area contributed by atoms with Gasteiger partial charge in [-0.15, -0.1) is 0 Å². The molecule has 100 valence electrons. The summed E-state index contributed by atoms with van der Waals surface area (Å²) in [5.74, 6) is -1.21. The van der Waals surface area contributed by atoms with Crippen molar-refractivity contribution in [2.75, 3.05) is 0 Å². The zero-order valence-electron chi connectivity index (χ0n) is 9.94. The fourth-order valence-corrected chi connectivity index (χ4v) is 2.07. The molecule has 7 heteroatoms. The minimum absolute atomic E-state index is 0.0598. The molecule has 0 spiro atoms. The van der Waals surface area contributed by atoms with Crippen LogP contribution in [0.25, 0.3) is 0 Å². The summed E-state index contributed by atoms with van der Waals surface area (Å²) < 4.78 is 15.9. The Morgan fingerprint density at radius 3 is 2.50 bits per heavy atom. The van der Waals surface area contributed by atoms with Crippen LogP contribution >= 0.6 is 7.60 Å². The molecule has 0 aromatic heterocycles. The van der Waals surface area contributed by atoms with Crippen LogP contribution in [0.3, 0.4) is 0 Å². The Labute approximate surface area is 105 Å². The molecule has 0 radical (unpaired) electrons. The van der Waals surface area contributed by atoms with E-state index in [9.17, 15) is 9.36 Å². The lowest BCUT2D eigenvalue weighted by atomic mass is 10.2. The maximum absolute atomic E-state index is 11.4. The number of rotatable bonds is 5. The maximum atomic E-state index is 11.4. The molecule has 0 saturated heterocycles. The minimum Gasteiger partial charge on any atom is -0.445 e. The summed E-state index contributed by atoms with van der Waals surface area (Å²) >= 11 is 0. The summed E-state index contributed by atoms with van der Waals surface area (Å²) in [6, 6.07) is 9.02.